The zero-order valence-electron chi connectivity index (χ0n) is 16.9. The van der Waals surface area contributed by atoms with Gasteiger partial charge >= 0.3 is 0 Å². The number of hydrogen-bond acceptors (Lipinski definition) is 5. The van der Waals surface area contributed by atoms with Crippen molar-refractivity contribution in [1.29, 1.82) is 0 Å². The molecule has 2 fully saturated rings. The molecule has 0 unspecified atom stereocenters. The van der Waals surface area contributed by atoms with Crippen LogP contribution >= 0.6 is 0 Å². The summed E-state index contributed by atoms with van der Waals surface area (Å²) in [7, 11) is 0. The molecule has 1 saturated heterocycles. The molecular weight excluding hydrogens is 340 g/mol. The third kappa shape index (κ3) is 4.19. The Bertz CT molecular complexity index is 651. The summed E-state index contributed by atoms with van der Waals surface area (Å²) in [5, 5.41) is 11.7. The lowest BCUT2D eigenvalue weighted by molar-refractivity contribution is 0.0387. The molecule has 7 heteroatoms. The minimum atomic E-state index is -0.0919. The summed E-state index contributed by atoms with van der Waals surface area (Å²) in [5.74, 6) is 2.66. The summed E-state index contributed by atoms with van der Waals surface area (Å²) in [6.45, 7) is 11.2. The first-order chi connectivity index (χ1) is 13.1. The van der Waals surface area contributed by atoms with E-state index in [1.807, 2.05) is 0 Å². The molecule has 2 aliphatic heterocycles. The van der Waals surface area contributed by atoms with E-state index < -0.39 is 0 Å². The number of aromatic nitrogens is 3. The van der Waals surface area contributed by atoms with Gasteiger partial charge in [0.15, 0.2) is 5.82 Å². The number of fused-ring (bicyclic) bond motifs is 3. The maximum atomic E-state index is 12.5. The van der Waals surface area contributed by atoms with Crippen molar-refractivity contribution in [2.75, 3.05) is 39.3 Å². The number of hydrogen-bond donors (Lipinski definition) is 1. The lowest BCUT2D eigenvalue weighted by Crippen LogP contribution is -2.53. The number of carbonyl (C=O) groups is 1. The van der Waals surface area contributed by atoms with E-state index in [0.29, 0.717) is 18.3 Å². The molecule has 150 valence electrons. The molecule has 27 heavy (non-hydrogen) atoms. The maximum absolute atomic E-state index is 12.5. The zero-order valence-corrected chi connectivity index (χ0v) is 16.9. The van der Waals surface area contributed by atoms with Crippen LogP contribution in [0.3, 0.4) is 0 Å². The Morgan fingerprint density at radius 1 is 1.11 bits per heavy atom. The molecule has 1 amide bonds. The van der Waals surface area contributed by atoms with Crippen LogP contribution in [0.1, 0.15) is 68.4 Å². The quantitative estimate of drug-likeness (QED) is 0.853. The smallest absolute Gasteiger partial charge is 0.289 e. The van der Waals surface area contributed by atoms with Crippen LogP contribution in [-0.2, 0) is 6.54 Å². The second-order valence-corrected chi connectivity index (χ2v) is 8.95. The van der Waals surface area contributed by atoms with Gasteiger partial charge in [-0.1, -0.05) is 33.1 Å². The monoisotopic (exact) mass is 374 g/mol. The predicted octanol–water partition coefficient (Wildman–Crippen LogP) is 1.92. The van der Waals surface area contributed by atoms with E-state index in [1.165, 1.54) is 38.6 Å². The Hall–Kier alpha value is -1.47. The minimum absolute atomic E-state index is 0.0919. The van der Waals surface area contributed by atoms with Gasteiger partial charge < -0.3 is 9.88 Å². The van der Waals surface area contributed by atoms with Crippen molar-refractivity contribution >= 4 is 5.91 Å². The predicted molar refractivity (Wildman–Crippen MR) is 105 cm³/mol. The van der Waals surface area contributed by atoms with Crippen molar-refractivity contribution in [3.05, 3.63) is 11.6 Å². The summed E-state index contributed by atoms with van der Waals surface area (Å²) in [6, 6.07) is 0.273. The molecule has 3 aliphatic rings. The fourth-order valence-corrected chi connectivity index (χ4v) is 4.84. The Balaban J connectivity index is 1.43. The van der Waals surface area contributed by atoms with Crippen LogP contribution in [0.25, 0.3) is 0 Å². The first-order valence-corrected chi connectivity index (χ1v) is 10.8. The van der Waals surface area contributed by atoms with E-state index in [0.717, 1.165) is 44.5 Å². The number of nitrogens with zero attached hydrogens (tertiary/aromatic N) is 5. The van der Waals surface area contributed by atoms with Crippen LogP contribution in [0.15, 0.2) is 0 Å². The molecular formula is C20H34N6O. The van der Waals surface area contributed by atoms with E-state index in [4.69, 9.17) is 0 Å². The Morgan fingerprint density at radius 3 is 2.67 bits per heavy atom. The van der Waals surface area contributed by atoms with Crippen LogP contribution in [0.2, 0.25) is 0 Å². The molecule has 3 heterocycles. The van der Waals surface area contributed by atoms with Crippen LogP contribution in [-0.4, -0.2) is 69.7 Å². The molecule has 1 N–H and O–H groups in total. The zero-order chi connectivity index (χ0) is 18.8. The number of nitrogens with one attached hydrogen (secondary N) is 1. The molecule has 1 aromatic rings. The lowest BCUT2D eigenvalue weighted by Gasteiger charge is -2.44. The minimum Gasteiger partial charge on any atom is -0.349 e. The molecule has 4 rings (SSSR count). The third-order valence-electron chi connectivity index (χ3n) is 6.38. The van der Waals surface area contributed by atoms with Gasteiger partial charge in [0.25, 0.3) is 5.91 Å². The molecule has 0 radical (unpaired) electrons. The number of amides is 1. The lowest BCUT2D eigenvalue weighted by atomic mass is 9.88. The van der Waals surface area contributed by atoms with E-state index in [-0.39, 0.29) is 11.9 Å². The van der Waals surface area contributed by atoms with Gasteiger partial charge in [-0.15, -0.1) is 10.2 Å². The Morgan fingerprint density at radius 2 is 1.89 bits per heavy atom. The second-order valence-electron chi connectivity index (χ2n) is 8.95. The van der Waals surface area contributed by atoms with E-state index in [2.05, 4.69) is 43.7 Å². The van der Waals surface area contributed by atoms with Gasteiger partial charge in [0.05, 0.1) is 6.04 Å². The molecule has 1 aliphatic carbocycles. The molecule has 0 spiro atoms. The summed E-state index contributed by atoms with van der Waals surface area (Å²) in [6.07, 6.45) is 6.99. The molecule has 1 aromatic heterocycles. The average Bonchev–Trinajstić information content (AvgIpc) is 3.11. The number of piperazine rings is 1. The maximum Gasteiger partial charge on any atom is 0.289 e. The largest absolute Gasteiger partial charge is 0.349 e. The van der Waals surface area contributed by atoms with Gasteiger partial charge in [0.1, 0.15) is 0 Å². The summed E-state index contributed by atoms with van der Waals surface area (Å²) < 4.78 is 2.06. The summed E-state index contributed by atoms with van der Waals surface area (Å²) in [5.41, 5.74) is 0. The SMILES string of the molecule is CC(C)CNC(=O)c1nnc2n1CCN1CCN(CC3CCCCC3)C[C@H]21. The fraction of sp³-hybridized carbons (Fsp3) is 0.850. The highest BCUT2D eigenvalue weighted by Gasteiger charge is 2.37. The van der Waals surface area contributed by atoms with Crippen LogP contribution in [0.4, 0.5) is 0 Å². The van der Waals surface area contributed by atoms with Crippen molar-refractivity contribution in [3.63, 3.8) is 0 Å². The van der Waals surface area contributed by atoms with Crippen molar-refractivity contribution in [2.45, 2.75) is 58.5 Å². The average molecular weight is 375 g/mol. The summed E-state index contributed by atoms with van der Waals surface area (Å²) in [4.78, 5) is 17.7. The first kappa shape index (κ1) is 18.9. The van der Waals surface area contributed by atoms with Crippen molar-refractivity contribution in [1.82, 2.24) is 29.9 Å². The van der Waals surface area contributed by atoms with E-state index in [1.54, 1.807) is 0 Å². The van der Waals surface area contributed by atoms with Crippen LogP contribution < -0.4 is 5.32 Å². The van der Waals surface area contributed by atoms with Crippen LogP contribution in [0, 0.1) is 11.8 Å². The van der Waals surface area contributed by atoms with Gasteiger partial charge in [0.2, 0.25) is 5.82 Å². The molecule has 0 bridgehead atoms. The van der Waals surface area contributed by atoms with Gasteiger partial charge in [-0.25, -0.2) is 0 Å². The van der Waals surface area contributed by atoms with Gasteiger partial charge in [0, 0.05) is 45.8 Å². The normalized spacial score (nSPS) is 24.6. The second kappa shape index (κ2) is 8.27. The highest BCUT2D eigenvalue weighted by atomic mass is 16.2. The number of rotatable bonds is 5. The molecule has 1 saturated carbocycles. The topological polar surface area (TPSA) is 66.3 Å². The standard InChI is InChI=1S/C20H34N6O/c1-15(2)12-21-20(27)19-23-22-18-17-14-24(13-16-6-4-3-5-7-16)8-9-25(17)10-11-26(18)19/h15-17H,3-14H2,1-2H3,(H,21,27)/t17-/m1/s1. The Kier molecular flexibility index (Phi) is 5.78. The molecule has 0 aromatic carbocycles. The van der Waals surface area contributed by atoms with Gasteiger partial charge in [-0.3, -0.25) is 14.6 Å². The van der Waals surface area contributed by atoms with Crippen molar-refractivity contribution in [3.8, 4) is 0 Å². The van der Waals surface area contributed by atoms with Gasteiger partial charge in [-0.2, -0.15) is 0 Å². The Labute approximate surface area is 162 Å². The van der Waals surface area contributed by atoms with Crippen LogP contribution in [0.5, 0.6) is 0 Å². The highest BCUT2D eigenvalue weighted by molar-refractivity contribution is 5.90. The third-order valence-corrected chi connectivity index (χ3v) is 6.38. The number of carbonyl (C=O) groups excluding carboxylic acids is 1. The van der Waals surface area contributed by atoms with E-state index >= 15 is 0 Å². The first-order valence-electron chi connectivity index (χ1n) is 10.8. The summed E-state index contributed by atoms with van der Waals surface area (Å²) >= 11 is 0. The van der Waals surface area contributed by atoms with Crippen molar-refractivity contribution < 1.29 is 4.79 Å². The van der Waals surface area contributed by atoms with E-state index in [9.17, 15) is 4.79 Å². The highest BCUT2D eigenvalue weighted by Crippen LogP contribution is 2.30. The molecule has 1 atom stereocenters. The molecule has 7 nitrogen and oxygen atoms in total. The van der Waals surface area contributed by atoms with Crippen molar-refractivity contribution in [2.24, 2.45) is 11.8 Å². The van der Waals surface area contributed by atoms with Gasteiger partial charge in [-0.05, 0) is 24.7 Å². The fourth-order valence-electron chi connectivity index (χ4n) is 4.84.